The molecule has 0 saturated heterocycles. The molecule has 0 aliphatic rings. The maximum atomic E-state index is 12.2. The Morgan fingerprint density at radius 2 is 0.717 bits per heavy atom. The van der Waals surface area contributed by atoms with Crippen LogP contribution in [0.1, 0.15) is 239 Å². The van der Waals surface area contributed by atoms with E-state index in [4.69, 9.17) is 9.47 Å². The number of rotatable bonds is 40. The van der Waals surface area contributed by atoms with Crippen LogP contribution in [0.15, 0.2) is 0 Å². The number of ether oxygens (including phenoxy) is 2. The predicted molar refractivity (Wildman–Crippen MR) is 201 cm³/mol. The number of carbonyl (C=O) groups is 1. The molecule has 0 heterocycles. The highest BCUT2D eigenvalue weighted by molar-refractivity contribution is 5.69. The van der Waals surface area contributed by atoms with Crippen LogP contribution in [-0.4, -0.2) is 37.0 Å². The summed E-state index contributed by atoms with van der Waals surface area (Å²) in [6.07, 6.45) is 46.0. The quantitative estimate of drug-likeness (QED) is 0.0528. The van der Waals surface area contributed by atoms with Crippen LogP contribution >= 0.6 is 0 Å². The standard InChI is InChI=1S/C42H84O4/c1-3-5-7-9-11-13-15-16-17-18-19-20-21-22-23-24-25-26-27-28-29-31-33-35-37-42(44)46-41(39-43)40-45-38-36-34-32-30-14-12-10-8-6-4-2/h41,43H,3-40H2,1-2H3. The molecule has 0 aliphatic carbocycles. The van der Waals surface area contributed by atoms with Crippen LogP contribution in [0, 0.1) is 0 Å². The summed E-state index contributed by atoms with van der Waals surface area (Å²) in [6.45, 7) is 5.39. The minimum Gasteiger partial charge on any atom is -0.457 e. The Balaban J connectivity index is 3.31. The van der Waals surface area contributed by atoms with Crippen molar-refractivity contribution < 1.29 is 19.4 Å². The van der Waals surface area contributed by atoms with Crippen molar-refractivity contribution in [2.24, 2.45) is 0 Å². The van der Waals surface area contributed by atoms with Crippen LogP contribution in [0.5, 0.6) is 0 Å². The molecule has 1 N–H and O–H groups in total. The fraction of sp³-hybridized carbons (Fsp3) is 0.976. The second kappa shape index (κ2) is 40.6. The SMILES string of the molecule is CCCCCCCCCCCCCCCCCCCCCCCCCCC(=O)OC(CO)COCCCCCCCCCCCC. The van der Waals surface area contributed by atoms with Gasteiger partial charge in [0.05, 0.1) is 13.2 Å². The third kappa shape index (κ3) is 37.8. The van der Waals surface area contributed by atoms with E-state index in [1.165, 1.54) is 199 Å². The van der Waals surface area contributed by atoms with Gasteiger partial charge in [-0.25, -0.2) is 0 Å². The number of aliphatic hydroxyl groups excluding tert-OH is 1. The first-order valence-electron chi connectivity index (χ1n) is 21.1. The fourth-order valence-electron chi connectivity index (χ4n) is 6.51. The van der Waals surface area contributed by atoms with Gasteiger partial charge in [-0.2, -0.15) is 0 Å². The highest BCUT2D eigenvalue weighted by Crippen LogP contribution is 2.16. The van der Waals surface area contributed by atoms with Gasteiger partial charge >= 0.3 is 5.97 Å². The first-order chi connectivity index (χ1) is 22.7. The number of aliphatic hydroxyl groups is 1. The van der Waals surface area contributed by atoms with E-state index in [0.717, 1.165) is 19.3 Å². The maximum Gasteiger partial charge on any atom is 0.306 e. The van der Waals surface area contributed by atoms with Crippen LogP contribution in [-0.2, 0) is 14.3 Å². The van der Waals surface area contributed by atoms with Crippen molar-refractivity contribution in [2.75, 3.05) is 19.8 Å². The number of esters is 1. The van der Waals surface area contributed by atoms with Gasteiger partial charge in [0.2, 0.25) is 0 Å². The molecule has 1 atom stereocenters. The monoisotopic (exact) mass is 653 g/mol. The zero-order valence-electron chi connectivity index (χ0n) is 31.6. The Labute approximate surface area is 289 Å². The number of hydrogen-bond donors (Lipinski definition) is 1. The minimum absolute atomic E-state index is 0.163. The molecule has 276 valence electrons. The molecule has 4 heteroatoms. The van der Waals surface area contributed by atoms with E-state index in [2.05, 4.69) is 13.8 Å². The molecule has 0 saturated carbocycles. The molecule has 0 spiro atoms. The van der Waals surface area contributed by atoms with Gasteiger partial charge in [0.15, 0.2) is 0 Å². The maximum absolute atomic E-state index is 12.2. The Morgan fingerprint density at radius 3 is 1.02 bits per heavy atom. The van der Waals surface area contributed by atoms with Crippen molar-refractivity contribution in [3.8, 4) is 0 Å². The van der Waals surface area contributed by atoms with Crippen LogP contribution in [0.3, 0.4) is 0 Å². The van der Waals surface area contributed by atoms with E-state index < -0.39 is 6.10 Å². The largest absolute Gasteiger partial charge is 0.457 e. The van der Waals surface area contributed by atoms with Crippen molar-refractivity contribution in [1.29, 1.82) is 0 Å². The average Bonchev–Trinajstić information content (AvgIpc) is 3.06. The summed E-state index contributed by atoms with van der Waals surface area (Å²) >= 11 is 0. The van der Waals surface area contributed by atoms with E-state index >= 15 is 0 Å². The highest BCUT2D eigenvalue weighted by Gasteiger charge is 2.13. The van der Waals surface area contributed by atoms with Crippen LogP contribution in [0.4, 0.5) is 0 Å². The highest BCUT2D eigenvalue weighted by atomic mass is 16.6. The Hall–Kier alpha value is -0.610. The van der Waals surface area contributed by atoms with Crippen LogP contribution in [0.25, 0.3) is 0 Å². The lowest BCUT2D eigenvalue weighted by Gasteiger charge is -2.16. The van der Waals surface area contributed by atoms with E-state index in [9.17, 15) is 9.90 Å². The third-order valence-electron chi connectivity index (χ3n) is 9.68. The zero-order valence-corrected chi connectivity index (χ0v) is 31.6. The summed E-state index contributed by atoms with van der Waals surface area (Å²) in [5.41, 5.74) is 0. The molecule has 0 aliphatic heterocycles. The van der Waals surface area contributed by atoms with Gasteiger partial charge < -0.3 is 14.6 Å². The summed E-state index contributed by atoms with van der Waals surface area (Å²) in [5.74, 6) is -0.194. The van der Waals surface area contributed by atoms with Crippen molar-refractivity contribution in [3.05, 3.63) is 0 Å². The zero-order chi connectivity index (χ0) is 33.4. The molecular formula is C42H84O4. The van der Waals surface area contributed by atoms with Crippen molar-refractivity contribution in [2.45, 2.75) is 245 Å². The first kappa shape index (κ1) is 45.4. The molecule has 0 bridgehead atoms. The normalized spacial score (nSPS) is 12.2. The summed E-state index contributed by atoms with van der Waals surface area (Å²) in [7, 11) is 0. The molecule has 1 unspecified atom stereocenters. The van der Waals surface area contributed by atoms with Gasteiger partial charge in [-0.05, 0) is 12.8 Å². The minimum atomic E-state index is -0.523. The lowest BCUT2D eigenvalue weighted by molar-refractivity contribution is -0.154. The summed E-state index contributed by atoms with van der Waals surface area (Å²) in [4.78, 5) is 12.2. The topological polar surface area (TPSA) is 55.8 Å². The average molecular weight is 653 g/mol. The van der Waals surface area contributed by atoms with E-state index in [1.807, 2.05) is 0 Å². The van der Waals surface area contributed by atoms with E-state index in [-0.39, 0.29) is 12.6 Å². The van der Waals surface area contributed by atoms with E-state index in [0.29, 0.717) is 19.6 Å². The van der Waals surface area contributed by atoms with Gasteiger partial charge in [-0.15, -0.1) is 0 Å². The van der Waals surface area contributed by atoms with Gasteiger partial charge in [-0.3, -0.25) is 4.79 Å². The van der Waals surface area contributed by atoms with Crippen LogP contribution < -0.4 is 0 Å². The molecule has 0 aromatic heterocycles. The lowest BCUT2D eigenvalue weighted by Crippen LogP contribution is -2.27. The molecule has 4 nitrogen and oxygen atoms in total. The van der Waals surface area contributed by atoms with Gasteiger partial charge in [0.1, 0.15) is 6.10 Å². The summed E-state index contributed by atoms with van der Waals surface area (Å²) in [6, 6.07) is 0. The molecule has 0 fully saturated rings. The van der Waals surface area contributed by atoms with Gasteiger partial charge in [0.25, 0.3) is 0 Å². The summed E-state index contributed by atoms with van der Waals surface area (Å²) in [5, 5.41) is 9.56. The molecule has 0 amide bonds. The second-order valence-electron chi connectivity index (χ2n) is 14.4. The second-order valence-corrected chi connectivity index (χ2v) is 14.4. The molecule has 0 radical (unpaired) electrons. The predicted octanol–water partition coefficient (Wildman–Crippen LogP) is 13.6. The smallest absolute Gasteiger partial charge is 0.306 e. The molecule has 0 aromatic carbocycles. The third-order valence-corrected chi connectivity index (χ3v) is 9.68. The lowest BCUT2D eigenvalue weighted by atomic mass is 10.0. The number of unbranched alkanes of at least 4 members (excludes halogenated alkanes) is 32. The first-order valence-corrected chi connectivity index (χ1v) is 21.1. The van der Waals surface area contributed by atoms with Gasteiger partial charge in [-0.1, -0.05) is 219 Å². The Morgan fingerprint density at radius 1 is 0.435 bits per heavy atom. The molecule has 0 rings (SSSR count). The van der Waals surface area contributed by atoms with Crippen molar-refractivity contribution in [3.63, 3.8) is 0 Å². The molecular weight excluding hydrogens is 568 g/mol. The summed E-state index contributed by atoms with van der Waals surface area (Å²) < 4.78 is 11.1. The fourth-order valence-corrected chi connectivity index (χ4v) is 6.51. The Kier molecular flexibility index (Phi) is 40.0. The molecule has 46 heavy (non-hydrogen) atoms. The van der Waals surface area contributed by atoms with Gasteiger partial charge in [0, 0.05) is 13.0 Å². The Bertz CT molecular complexity index is 566. The molecule has 0 aromatic rings. The van der Waals surface area contributed by atoms with E-state index in [1.54, 1.807) is 0 Å². The van der Waals surface area contributed by atoms with Crippen molar-refractivity contribution >= 4 is 5.97 Å². The number of hydrogen-bond acceptors (Lipinski definition) is 4. The number of carbonyl (C=O) groups excluding carboxylic acids is 1. The van der Waals surface area contributed by atoms with Crippen LogP contribution in [0.2, 0.25) is 0 Å². The van der Waals surface area contributed by atoms with Crippen molar-refractivity contribution in [1.82, 2.24) is 0 Å².